The number of hydrazine groups is 1. The van der Waals surface area contributed by atoms with Gasteiger partial charge in [0.25, 0.3) is 0 Å². The molecule has 0 spiro atoms. The summed E-state index contributed by atoms with van der Waals surface area (Å²) < 4.78 is 0. The number of nitrogens with one attached hydrogen (secondary N) is 1. The summed E-state index contributed by atoms with van der Waals surface area (Å²) in [6.45, 7) is 1.96. The summed E-state index contributed by atoms with van der Waals surface area (Å²) in [5, 5.41) is 2.04. The van der Waals surface area contributed by atoms with Crippen molar-refractivity contribution >= 4 is 11.6 Å². The lowest BCUT2D eigenvalue weighted by Crippen LogP contribution is -2.45. The van der Waals surface area contributed by atoms with Crippen molar-refractivity contribution in [3.63, 3.8) is 0 Å². The minimum Gasteiger partial charge on any atom is -0.399 e. The summed E-state index contributed by atoms with van der Waals surface area (Å²) in [6.07, 6.45) is 4.93. The van der Waals surface area contributed by atoms with E-state index in [1.165, 1.54) is 19.3 Å². The number of aryl methyl sites for hydroxylation is 1. The maximum absolute atomic E-state index is 11.8. The monoisotopic (exact) mass is 247 g/mol. The van der Waals surface area contributed by atoms with Gasteiger partial charge in [0, 0.05) is 25.2 Å². The first-order chi connectivity index (χ1) is 8.74. The van der Waals surface area contributed by atoms with Crippen LogP contribution in [0.2, 0.25) is 0 Å². The second-order valence-corrected chi connectivity index (χ2v) is 4.82. The molecule has 18 heavy (non-hydrogen) atoms. The number of rotatable bonds is 4. The van der Waals surface area contributed by atoms with E-state index in [4.69, 9.17) is 5.73 Å². The van der Waals surface area contributed by atoms with Crippen LogP contribution in [-0.2, 0) is 11.2 Å². The molecule has 3 N–H and O–H groups in total. The molecule has 1 saturated heterocycles. The lowest BCUT2D eigenvalue weighted by atomic mass is 10.1. The van der Waals surface area contributed by atoms with Gasteiger partial charge in [-0.25, -0.2) is 5.01 Å². The van der Waals surface area contributed by atoms with Crippen molar-refractivity contribution in [3.05, 3.63) is 29.8 Å². The predicted octanol–water partition coefficient (Wildman–Crippen LogP) is 1.72. The molecule has 1 fully saturated rings. The minimum absolute atomic E-state index is 0.105. The number of anilines is 1. The van der Waals surface area contributed by atoms with Crippen molar-refractivity contribution < 1.29 is 4.79 Å². The fourth-order valence-corrected chi connectivity index (χ4v) is 2.18. The van der Waals surface area contributed by atoms with Gasteiger partial charge in [-0.15, -0.1) is 0 Å². The van der Waals surface area contributed by atoms with E-state index >= 15 is 0 Å². The highest BCUT2D eigenvalue weighted by atomic mass is 16.2. The summed E-state index contributed by atoms with van der Waals surface area (Å²) >= 11 is 0. The van der Waals surface area contributed by atoms with Crippen LogP contribution in [0.25, 0.3) is 0 Å². The first-order valence-corrected chi connectivity index (χ1v) is 6.63. The smallest absolute Gasteiger partial charge is 0.234 e. The quantitative estimate of drug-likeness (QED) is 0.796. The van der Waals surface area contributed by atoms with Crippen molar-refractivity contribution in [1.29, 1.82) is 0 Å². The van der Waals surface area contributed by atoms with E-state index < -0.39 is 0 Å². The van der Waals surface area contributed by atoms with Gasteiger partial charge < -0.3 is 5.73 Å². The number of hydrogen-bond donors (Lipinski definition) is 2. The third-order valence-corrected chi connectivity index (χ3v) is 3.26. The number of nitrogens with two attached hydrogens (primary N) is 1. The van der Waals surface area contributed by atoms with Crippen molar-refractivity contribution in [1.82, 2.24) is 10.4 Å². The fourth-order valence-electron chi connectivity index (χ4n) is 2.18. The number of amides is 1. The van der Waals surface area contributed by atoms with Crippen LogP contribution in [0.15, 0.2) is 24.3 Å². The second kappa shape index (κ2) is 6.40. The minimum atomic E-state index is 0.105. The summed E-state index contributed by atoms with van der Waals surface area (Å²) in [6, 6.07) is 7.70. The van der Waals surface area contributed by atoms with E-state index in [0.717, 1.165) is 30.8 Å². The third kappa shape index (κ3) is 4.04. The van der Waals surface area contributed by atoms with Gasteiger partial charge in [0.15, 0.2) is 0 Å². The van der Waals surface area contributed by atoms with Crippen molar-refractivity contribution in [2.45, 2.75) is 32.1 Å². The lowest BCUT2D eigenvalue weighted by Gasteiger charge is -2.26. The van der Waals surface area contributed by atoms with Crippen LogP contribution in [0.4, 0.5) is 5.69 Å². The topological polar surface area (TPSA) is 58.4 Å². The average molecular weight is 247 g/mol. The van der Waals surface area contributed by atoms with E-state index in [-0.39, 0.29) is 5.91 Å². The molecule has 1 aliphatic rings. The number of nitrogens with zero attached hydrogens (tertiary/aromatic N) is 1. The second-order valence-electron chi connectivity index (χ2n) is 4.82. The van der Waals surface area contributed by atoms with Crippen LogP contribution in [0.3, 0.4) is 0 Å². The summed E-state index contributed by atoms with van der Waals surface area (Å²) in [5.74, 6) is 0.105. The van der Waals surface area contributed by atoms with Crippen LogP contribution in [-0.4, -0.2) is 24.0 Å². The number of carbonyl (C=O) groups excluding carboxylic acids is 1. The van der Waals surface area contributed by atoms with E-state index in [0.29, 0.717) is 6.42 Å². The number of nitrogen functional groups attached to an aromatic ring is 1. The van der Waals surface area contributed by atoms with Gasteiger partial charge in [-0.2, -0.15) is 0 Å². The van der Waals surface area contributed by atoms with Gasteiger partial charge >= 0.3 is 0 Å². The first kappa shape index (κ1) is 12.9. The van der Waals surface area contributed by atoms with Crippen molar-refractivity contribution in [2.75, 3.05) is 18.8 Å². The third-order valence-electron chi connectivity index (χ3n) is 3.26. The molecule has 1 amide bonds. The van der Waals surface area contributed by atoms with Crippen LogP contribution in [0, 0.1) is 0 Å². The Morgan fingerprint density at radius 3 is 2.50 bits per heavy atom. The van der Waals surface area contributed by atoms with Crippen molar-refractivity contribution in [3.8, 4) is 0 Å². The average Bonchev–Trinajstić information content (AvgIpc) is 2.39. The maximum atomic E-state index is 11.8. The summed E-state index contributed by atoms with van der Waals surface area (Å²) in [7, 11) is 0. The molecule has 0 unspecified atom stereocenters. The van der Waals surface area contributed by atoms with Crippen LogP contribution < -0.4 is 11.2 Å². The molecule has 0 saturated carbocycles. The van der Waals surface area contributed by atoms with E-state index in [1.807, 2.05) is 29.3 Å². The molecule has 1 aromatic rings. The molecule has 1 aliphatic heterocycles. The van der Waals surface area contributed by atoms with Gasteiger partial charge in [-0.1, -0.05) is 18.6 Å². The van der Waals surface area contributed by atoms with Crippen LogP contribution in [0.1, 0.15) is 31.2 Å². The lowest BCUT2D eigenvalue weighted by molar-refractivity contribution is -0.126. The molecule has 0 radical (unpaired) electrons. The molecule has 98 valence electrons. The SMILES string of the molecule is Nc1ccc(CCC(=O)NN2CCCCC2)cc1. The molecule has 1 heterocycles. The Morgan fingerprint density at radius 2 is 1.83 bits per heavy atom. The molecule has 0 atom stereocenters. The van der Waals surface area contributed by atoms with Crippen molar-refractivity contribution in [2.24, 2.45) is 0 Å². The Morgan fingerprint density at radius 1 is 1.17 bits per heavy atom. The number of piperidine rings is 1. The Labute approximate surface area is 108 Å². The first-order valence-electron chi connectivity index (χ1n) is 6.63. The molecule has 0 bridgehead atoms. The number of benzene rings is 1. The zero-order chi connectivity index (χ0) is 12.8. The zero-order valence-corrected chi connectivity index (χ0v) is 10.7. The van der Waals surface area contributed by atoms with Crippen LogP contribution >= 0.6 is 0 Å². The fraction of sp³-hybridized carbons (Fsp3) is 0.500. The Bertz CT molecular complexity index is 383. The molecular weight excluding hydrogens is 226 g/mol. The zero-order valence-electron chi connectivity index (χ0n) is 10.7. The van der Waals surface area contributed by atoms with Crippen LogP contribution in [0.5, 0.6) is 0 Å². The molecule has 2 rings (SSSR count). The molecule has 0 aromatic heterocycles. The molecule has 4 nitrogen and oxygen atoms in total. The number of carbonyl (C=O) groups is 1. The van der Waals surface area contributed by atoms with E-state index in [2.05, 4.69) is 5.43 Å². The summed E-state index contributed by atoms with van der Waals surface area (Å²) in [4.78, 5) is 11.8. The molecule has 1 aromatic carbocycles. The van der Waals surface area contributed by atoms with E-state index in [1.54, 1.807) is 0 Å². The molecule has 4 heteroatoms. The standard InChI is InChI=1S/C14H21N3O/c15-13-7-4-12(5-8-13)6-9-14(18)16-17-10-2-1-3-11-17/h4-5,7-8H,1-3,6,9-11,15H2,(H,16,18). The van der Waals surface area contributed by atoms with Gasteiger partial charge in [0.05, 0.1) is 0 Å². The van der Waals surface area contributed by atoms with Gasteiger partial charge in [-0.3, -0.25) is 10.2 Å². The van der Waals surface area contributed by atoms with E-state index in [9.17, 15) is 4.79 Å². The Balaban J connectivity index is 1.72. The highest BCUT2D eigenvalue weighted by Gasteiger charge is 2.12. The summed E-state index contributed by atoms with van der Waals surface area (Å²) in [5.41, 5.74) is 10.5. The number of hydrogen-bond acceptors (Lipinski definition) is 3. The molecule has 0 aliphatic carbocycles. The molecular formula is C14H21N3O. The normalized spacial score (nSPS) is 16.4. The highest BCUT2D eigenvalue weighted by molar-refractivity contribution is 5.75. The Kier molecular flexibility index (Phi) is 4.59. The Hall–Kier alpha value is -1.55. The van der Waals surface area contributed by atoms with Gasteiger partial charge in [-0.05, 0) is 37.0 Å². The van der Waals surface area contributed by atoms with Gasteiger partial charge in [0.1, 0.15) is 0 Å². The highest BCUT2D eigenvalue weighted by Crippen LogP contribution is 2.09. The van der Waals surface area contributed by atoms with Gasteiger partial charge in [0.2, 0.25) is 5.91 Å². The predicted molar refractivity (Wildman–Crippen MR) is 72.7 cm³/mol. The maximum Gasteiger partial charge on any atom is 0.234 e. The largest absolute Gasteiger partial charge is 0.399 e.